The van der Waals surface area contributed by atoms with Gasteiger partial charge in [-0.2, -0.15) is 17.0 Å². The van der Waals surface area contributed by atoms with Gasteiger partial charge >= 0.3 is 0 Å². The fraction of sp³-hybridized carbons (Fsp3) is 0.500. The quantitative estimate of drug-likeness (QED) is 0.673. The standard InChI is InChI=1S/C22H31N3O4S/c1-5-24(6-2)30(27,28)25-13-11-23(12-14-25)22(26)17(3)18-7-8-20-16-21(29-4)10-9-19(20)15-18/h7-10,15-17H,5-6,11-14H2,1-4H3. The Morgan fingerprint density at radius 1 is 1.03 bits per heavy atom. The summed E-state index contributed by atoms with van der Waals surface area (Å²) in [6, 6.07) is 11.9. The van der Waals surface area contributed by atoms with Gasteiger partial charge in [-0.25, -0.2) is 0 Å². The molecule has 1 unspecified atom stereocenters. The van der Waals surface area contributed by atoms with E-state index in [0.29, 0.717) is 39.3 Å². The van der Waals surface area contributed by atoms with Gasteiger partial charge in [0.05, 0.1) is 13.0 Å². The number of carbonyl (C=O) groups excluding carboxylic acids is 1. The van der Waals surface area contributed by atoms with E-state index in [0.717, 1.165) is 22.1 Å². The Morgan fingerprint density at radius 3 is 2.23 bits per heavy atom. The summed E-state index contributed by atoms with van der Waals surface area (Å²) in [6.07, 6.45) is 0. The van der Waals surface area contributed by atoms with E-state index >= 15 is 0 Å². The van der Waals surface area contributed by atoms with Crippen LogP contribution >= 0.6 is 0 Å². The lowest BCUT2D eigenvalue weighted by atomic mass is 9.96. The second-order valence-electron chi connectivity index (χ2n) is 7.51. The third-order valence-corrected chi connectivity index (χ3v) is 8.04. The number of carbonyl (C=O) groups is 1. The maximum absolute atomic E-state index is 13.1. The fourth-order valence-corrected chi connectivity index (χ4v) is 5.51. The number of benzene rings is 2. The third kappa shape index (κ3) is 4.45. The summed E-state index contributed by atoms with van der Waals surface area (Å²) in [7, 11) is -1.82. The number of ether oxygens (including phenoxy) is 1. The Balaban J connectivity index is 1.68. The normalized spacial score (nSPS) is 16.8. The molecule has 1 aliphatic heterocycles. The lowest BCUT2D eigenvalue weighted by Crippen LogP contribution is -2.54. The highest BCUT2D eigenvalue weighted by molar-refractivity contribution is 7.86. The molecule has 1 atom stereocenters. The van der Waals surface area contributed by atoms with Crippen LogP contribution < -0.4 is 4.74 Å². The molecule has 1 amide bonds. The van der Waals surface area contributed by atoms with Crippen molar-refractivity contribution in [1.82, 2.24) is 13.5 Å². The Kier molecular flexibility index (Phi) is 7.00. The lowest BCUT2D eigenvalue weighted by Gasteiger charge is -2.37. The number of hydrogen-bond acceptors (Lipinski definition) is 4. The van der Waals surface area contributed by atoms with Crippen LogP contribution in [0.25, 0.3) is 10.8 Å². The van der Waals surface area contributed by atoms with Crippen LogP contribution in [0.4, 0.5) is 0 Å². The zero-order valence-corrected chi connectivity index (χ0v) is 19.0. The summed E-state index contributed by atoms with van der Waals surface area (Å²) >= 11 is 0. The van der Waals surface area contributed by atoms with E-state index in [9.17, 15) is 13.2 Å². The van der Waals surface area contributed by atoms with Crippen LogP contribution in [0.2, 0.25) is 0 Å². The van der Waals surface area contributed by atoms with Crippen molar-refractivity contribution in [3.63, 3.8) is 0 Å². The number of hydrogen-bond donors (Lipinski definition) is 0. The van der Waals surface area contributed by atoms with Crippen molar-refractivity contribution >= 4 is 26.9 Å². The van der Waals surface area contributed by atoms with E-state index in [1.807, 2.05) is 57.2 Å². The lowest BCUT2D eigenvalue weighted by molar-refractivity contribution is -0.133. The fourth-order valence-electron chi connectivity index (χ4n) is 3.91. The first-order chi connectivity index (χ1) is 14.3. The molecule has 30 heavy (non-hydrogen) atoms. The first-order valence-corrected chi connectivity index (χ1v) is 11.8. The van der Waals surface area contributed by atoms with Crippen molar-refractivity contribution in [2.24, 2.45) is 0 Å². The molecule has 1 aliphatic rings. The topological polar surface area (TPSA) is 70.2 Å². The van der Waals surface area contributed by atoms with Crippen LogP contribution in [0.3, 0.4) is 0 Å². The molecule has 8 heteroatoms. The van der Waals surface area contributed by atoms with E-state index in [-0.39, 0.29) is 11.8 Å². The highest BCUT2D eigenvalue weighted by atomic mass is 32.2. The van der Waals surface area contributed by atoms with Crippen molar-refractivity contribution in [2.45, 2.75) is 26.7 Å². The van der Waals surface area contributed by atoms with Crippen LogP contribution in [0.15, 0.2) is 36.4 Å². The first kappa shape index (κ1) is 22.5. The van der Waals surface area contributed by atoms with Gasteiger partial charge < -0.3 is 9.64 Å². The van der Waals surface area contributed by atoms with E-state index in [1.54, 1.807) is 12.0 Å². The number of piperazine rings is 1. The molecule has 0 aliphatic carbocycles. The molecule has 2 aromatic carbocycles. The summed E-state index contributed by atoms with van der Waals surface area (Å²) in [4.78, 5) is 14.8. The van der Waals surface area contributed by atoms with E-state index in [2.05, 4.69) is 0 Å². The van der Waals surface area contributed by atoms with Crippen LogP contribution in [0, 0.1) is 0 Å². The minimum atomic E-state index is -3.46. The van der Waals surface area contributed by atoms with Gasteiger partial charge in [0.2, 0.25) is 5.91 Å². The molecule has 3 rings (SSSR count). The predicted octanol–water partition coefficient (Wildman–Crippen LogP) is 2.68. The van der Waals surface area contributed by atoms with Gasteiger partial charge in [-0.15, -0.1) is 0 Å². The molecule has 0 N–H and O–H groups in total. The maximum atomic E-state index is 13.1. The first-order valence-electron chi connectivity index (χ1n) is 10.4. The SMILES string of the molecule is CCN(CC)S(=O)(=O)N1CCN(C(=O)C(C)c2ccc3cc(OC)ccc3c2)CC1. The monoisotopic (exact) mass is 433 g/mol. The van der Waals surface area contributed by atoms with Gasteiger partial charge in [-0.1, -0.05) is 38.1 Å². The van der Waals surface area contributed by atoms with Crippen molar-refractivity contribution in [1.29, 1.82) is 0 Å². The van der Waals surface area contributed by atoms with Crippen LogP contribution in [-0.2, 0) is 15.0 Å². The molecule has 2 aromatic rings. The summed E-state index contributed by atoms with van der Waals surface area (Å²) in [5, 5.41) is 2.12. The summed E-state index contributed by atoms with van der Waals surface area (Å²) < 4.78 is 33.6. The number of nitrogens with zero attached hydrogens (tertiary/aromatic N) is 3. The average Bonchev–Trinajstić information content (AvgIpc) is 2.78. The van der Waals surface area contributed by atoms with Gasteiger partial charge in [0.15, 0.2) is 0 Å². The van der Waals surface area contributed by atoms with Gasteiger partial charge in [0.25, 0.3) is 10.2 Å². The molecule has 1 heterocycles. The summed E-state index contributed by atoms with van der Waals surface area (Å²) in [5.74, 6) is 0.544. The molecule has 0 saturated carbocycles. The molecule has 0 bridgehead atoms. The molecule has 164 valence electrons. The molecule has 0 radical (unpaired) electrons. The van der Waals surface area contributed by atoms with Crippen molar-refractivity contribution < 1.29 is 17.9 Å². The zero-order valence-electron chi connectivity index (χ0n) is 18.2. The van der Waals surface area contributed by atoms with Crippen molar-refractivity contribution in [3.8, 4) is 5.75 Å². The Hall–Kier alpha value is -2.16. The van der Waals surface area contributed by atoms with Gasteiger partial charge in [-0.05, 0) is 35.4 Å². The second kappa shape index (κ2) is 9.32. The van der Waals surface area contributed by atoms with Crippen LogP contribution in [0.5, 0.6) is 5.75 Å². The van der Waals surface area contributed by atoms with Crippen molar-refractivity contribution in [2.75, 3.05) is 46.4 Å². The van der Waals surface area contributed by atoms with E-state index in [4.69, 9.17) is 4.74 Å². The van der Waals surface area contributed by atoms with Gasteiger partial charge in [0, 0.05) is 39.3 Å². The highest BCUT2D eigenvalue weighted by Crippen LogP contribution is 2.26. The maximum Gasteiger partial charge on any atom is 0.282 e. The molecule has 1 saturated heterocycles. The highest BCUT2D eigenvalue weighted by Gasteiger charge is 2.33. The van der Waals surface area contributed by atoms with Gasteiger partial charge in [-0.3, -0.25) is 4.79 Å². The van der Waals surface area contributed by atoms with Crippen LogP contribution in [-0.4, -0.2) is 74.2 Å². The minimum Gasteiger partial charge on any atom is -0.497 e. The zero-order chi connectivity index (χ0) is 21.9. The number of fused-ring (bicyclic) bond motifs is 1. The molecule has 7 nitrogen and oxygen atoms in total. The smallest absolute Gasteiger partial charge is 0.282 e. The average molecular weight is 434 g/mol. The molecule has 1 fully saturated rings. The third-order valence-electron chi connectivity index (χ3n) is 5.85. The number of amides is 1. The number of methoxy groups -OCH3 is 1. The van der Waals surface area contributed by atoms with Crippen molar-refractivity contribution in [3.05, 3.63) is 42.0 Å². The van der Waals surface area contributed by atoms with E-state index in [1.165, 1.54) is 8.61 Å². The Labute approximate surface area is 179 Å². The summed E-state index contributed by atoms with van der Waals surface area (Å²) in [6.45, 7) is 7.95. The molecule has 0 aromatic heterocycles. The molecule has 0 spiro atoms. The Morgan fingerprint density at radius 2 is 1.63 bits per heavy atom. The van der Waals surface area contributed by atoms with E-state index < -0.39 is 10.2 Å². The second-order valence-corrected chi connectivity index (χ2v) is 9.44. The van der Waals surface area contributed by atoms with Gasteiger partial charge in [0.1, 0.15) is 5.75 Å². The molecular formula is C22H31N3O4S. The predicted molar refractivity (Wildman–Crippen MR) is 119 cm³/mol. The molecular weight excluding hydrogens is 402 g/mol. The largest absolute Gasteiger partial charge is 0.497 e. The van der Waals surface area contributed by atoms with Crippen LogP contribution in [0.1, 0.15) is 32.3 Å². The number of rotatable bonds is 7. The minimum absolute atomic E-state index is 0.0303. The Bertz CT molecular complexity index is 997. The summed E-state index contributed by atoms with van der Waals surface area (Å²) in [5.41, 5.74) is 0.954.